The Hall–Kier alpha value is -1.91. The number of rotatable bonds is 3. The van der Waals surface area contributed by atoms with E-state index in [1.165, 1.54) is 37.1 Å². The number of amides is 2. The molecule has 0 bridgehead atoms. The SMILES string of the molecule is O=C(NC1CCCC1)C1CCN(C(=O)c2ccc(F)cc2)CC1. The van der Waals surface area contributed by atoms with Gasteiger partial charge in [0.25, 0.3) is 5.91 Å². The van der Waals surface area contributed by atoms with E-state index in [0.29, 0.717) is 37.5 Å². The fourth-order valence-electron chi connectivity index (χ4n) is 3.51. The quantitative estimate of drug-likeness (QED) is 0.931. The van der Waals surface area contributed by atoms with E-state index >= 15 is 0 Å². The van der Waals surface area contributed by atoms with Crippen LogP contribution < -0.4 is 5.32 Å². The number of piperidine rings is 1. The Balaban J connectivity index is 1.50. The highest BCUT2D eigenvalue weighted by molar-refractivity contribution is 5.94. The minimum atomic E-state index is -0.344. The molecule has 1 N–H and O–H groups in total. The van der Waals surface area contributed by atoms with Crippen LogP contribution in [0, 0.1) is 11.7 Å². The van der Waals surface area contributed by atoms with Crippen LogP contribution in [-0.2, 0) is 4.79 Å². The first kappa shape index (κ1) is 16.0. The Morgan fingerprint density at radius 2 is 1.61 bits per heavy atom. The van der Waals surface area contributed by atoms with Gasteiger partial charge >= 0.3 is 0 Å². The number of carbonyl (C=O) groups is 2. The Bertz CT molecular complexity index is 559. The molecule has 1 saturated heterocycles. The molecule has 0 spiro atoms. The molecule has 3 rings (SSSR count). The maximum atomic E-state index is 12.9. The Morgan fingerprint density at radius 3 is 2.22 bits per heavy atom. The summed E-state index contributed by atoms with van der Waals surface area (Å²) in [5, 5.41) is 3.15. The summed E-state index contributed by atoms with van der Waals surface area (Å²) in [6.45, 7) is 1.16. The maximum absolute atomic E-state index is 12.9. The van der Waals surface area contributed by atoms with Crippen LogP contribution in [0.15, 0.2) is 24.3 Å². The van der Waals surface area contributed by atoms with Crippen LogP contribution in [0.4, 0.5) is 4.39 Å². The summed E-state index contributed by atoms with van der Waals surface area (Å²) in [7, 11) is 0. The molecule has 4 nitrogen and oxygen atoms in total. The van der Waals surface area contributed by atoms with Crippen molar-refractivity contribution in [3.63, 3.8) is 0 Å². The summed E-state index contributed by atoms with van der Waals surface area (Å²) in [6.07, 6.45) is 5.99. The molecule has 2 fully saturated rings. The molecule has 1 aromatic rings. The average Bonchev–Trinajstić information content (AvgIpc) is 3.08. The molecule has 2 aliphatic rings. The standard InChI is InChI=1S/C18H23FN2O2/c19-15-7-5-14(6-8-15)18(23)21-11-9-13(10-12-21)17(22)20-16-3-1-2-4-16/h5-8,13,16H,1-4,9-12H2,(H,20,22). The van der Waals surface area contributed by atoms with Crippen molar-refractivity contribution in [2.24, 2.45) is 5.92 Å². The van der Waals surface area contributed by atoms with Crippen LogP contribution in [-0.4, -0.2) is 35.8 Å². The zero-order valence-electron chi connectivity index (χ0n) is 13.3. The molecule has 5 heteroatoms. The van der Waals surface area contributed by atoms with E-state index in [4.69, 9.17) is 0 Å². The van der Waals surface area contributed by atoms with E-state index < -0.39 is 0 Å². The molecule has 124 valence electrons. The number of carbonyl (C=O) groups excluding carboxylic acids is 2. The molecule has 1 aliphatic carbocycles. The van der Waals surface area contributed by atoms with Crippen LogP contribution in [0.25, 0.3) is 0 Å². The lowest BCUT2D eigenvalue weighted by molar-refractivity contribution is -0.127. The number of hydrogen-bond donors (Lipinski definition) is 1. The van der Waals surface area contributed by atoms with E-state index in [0.717, 1.165) is 12.8 Å². The Labute approximate surface area is 136 Å². The predicted octanol–water partition coefficient (Wildman–Crippen LogP) is 2.74. The number of benzene rings is 1. The largest absolute Gasteiger partial charge is 0.353 e. The molecule has 1 heterocycles. The van der Waals surface area contributed by atoms with Crippen molar-refractivity contribution < 1.29 is 14.0 Å². The number of likely N-dealkylation sites (tertiary alicyclic amines) is 1. The van der Waals surface area contributed by atoms with E-state index in [1.54, 1.807) is 4.90 Å². The molecule has 23 heavy (non-hydrogen) atoms. The lowest BCUT2D eigenvalue weighted by Crippen LogP contribution is -2.44. The zero-order chi connectivity index (χ0) is 16.2. The van der Waals surface area contributed by atoms with Gasteiger partial charge in [-0.05, 0) is 49.9 Å². The number of hydrogen-bond acceptors (Lipinski definition) is 2. The van der Waals surface area contributed by atoms with Crippen molar-refractivity contribution in [3.05, 3.63) is 35.6 Å². The highest BCUT2D eigenvalue weighted by Crippen LogP contribution is 2.22. The van der Waals surface area contributed by atoms with E-state index in [9.17, 15) is 14.0 Å². The Morgan fingerprint density at radius 1 is 1.00 bits per heavy atom. The van der Waals surface area contributed by atoms with E-state index in [1.807, 2.05) is 0 Å². The van der Waals surface area contributed by atoms with E-state index in [2.05, 4.69) is 5.32 Å². The minimum Gasteiger partial charge on any atom is -0.353 e. The fraction of sp³-hybridized carbons (Fsp3) is 0.556. The van der Waals surface area contributed by atoms with Crippen LogP contribution in [0.1, 0.15) is 48.9 Å². The first-order valence-electron chi connectivity index (χ1n) is 8.49. The average molecular weight is 318 g/mol. The molecular weight excluding hydrogens is 295 g/mol. The van der Waals surface area contributed by atoms with Crippen LogP contribution in [0.3, 0.4) is 0 Å². The van der Waals surface area contributed by atoms with Gasteiger partial charge in [-0.25, -0.2) is 4.39 Å². The summed E-state index contributed by atoms with van der Waals surface area (Å²) in [6, 6.07) is 5.97. The molecule has 0 atom stereocenters. The molecule has 1 saturated carbocycles. The van der Waals surface area contributed by atoms with Gasteiger partial charge in [-0.15, -0.1) is 0 Å². The summed E-state index contributed by atoms with van der Waals surface area (Å²) in [5.74, 6) is -0.276. The van der Waals surface area contributed by atoms with Gasteiger partial charge in [0.15, 0.2) is 0 Å². The zero-order valence-corrected chi connectivity index (χ0v) is 13.3. The second-order valence-corrected chi connectivity index (χ2v) is 6.56. The van der Waals surface area contributed by atoms with Gasteiger partial charge in [0, 0.05) is 30.6 Å². The second kappa shape index (κ2) is 7.11. The van der Waals surface area contributed by atoms with Crippen molar-refractivity contribution in [3.8, 4) is 0 Å². The van der Waals surface area contributed by atoms with Gasteiger partial charge in [0.05, 0.1) is 0 Å². The maximum Gasteiger partial charge on any atom is 0.253 e. The Kier molecular flexibility index (Phi) is 4.94. The first-order chi connectivity index (χ1) is 11.1. The first-order valence-corrected chi connectivity index (χ1v) is 8.49. The minimum absolute atomic E-state index is 0.00729. The lowest BCUT2D eigenvalue weighted by atomic mass is 9.95. The van der Waals surface area contributed by atoms with Crippen molar-refractivity contribution in [2.75, 3.05) is 13.1 Å². The highest BCUT2D eigenvalue weighted by Gasteiger charge is 2.29. The highest BCUT2D eigenvalue weighted by atomic mass is 19.1. The van der Waals surface area contributed by atoms with Crippen LogP contribution in [0.5, 0.6) is 0 Å². The smallest absolute Gasteiger partial charge is 0.253 e. The van der Waals surface area contributed by atoms with Crippen molar-refractivity contribution >= 4 is 11.8 Å². The van der Waals surface area contributed by atoms with Gasteiger partial charge in [-0.1, -0.05) is 12.8 Å². The molecule has 1 aliphatic heterocycles. The van der Waals surface area contributed by atoms with E-state index in [-0.39, 0.29) is 23.5 Å². The second-order valence-electron chi connectivity index (χ2n) is 6.56. The number of halogens is 1. The third kappa shape index (κ3) is 3.89. The third-order valence-corrected chi connectivity index (χ3v) is 4.95. The summed E-state index contributed by atoms with van der Waals surface area (Å²) in [5.41, 5.74) is 0.500. The molecule has 2 amide bonds. The van der Waals surface area contributed by atoms with Crippen molar-refractivity contribution in [1.29, 1.82) is 0 Å². The molecule has 1 aromatic carbocycles. The molecular formula is C18H23FN2O2. The van der Waals surface area contributed by atoms with Gasteiger partial charge in [-0.2, -0.15) is 0 Å². The van der Waals surface area contributed by atoms with Gasteiger partial charge < -0.3 is 10.2 Å². The van der Waals surface area contributed by atoms with Gasteiger partial charge in [-0.3, -0.25) is 9.59 Å². The number of nitrogens with zero attached hydrogens (tertiary/aromatic N) is 1. The summed E-state index contributed by atoms with van der Waals surface area (Å²) >= 11 is 0. The van der Waals surface area contributed by atoms with Gasteiger partial charge in [0.2, 0.25) is 5.91 Å². The van der Waals surface area contributed by atoms with Crippen molar-refractivity contribution in [2.45, 2.75) is 44.6 Å². The normalized spacial score (nSPS) is 19.8. The van der Waals surface area contributed by atoms with Gasteiger partial charge in [0.1, 0.15) is 5.82 Å². The topological polar surface area (TPSA) is 49.4 Å². The number of nitrogens with one attached hydrogen (secondary N) is 1. The fourth-order valence-corrected chi connectivity index (χ4v) is 3.51. The molecule has 0 aromatic heterocycles. The third-order valence-electron chi connectivity index (χ3n) is 4.95. The monoisotopic (exact) mass is 318 g/mol. The predicted molar refractivity (Wildman–Crippen MR) is 85.4 cm³/mol. The van der Waals surface area contributed by atoms with Crippen LogP contribution in [0.2, 0.25) is 0 Å². The summed E-state index contributed by atoms with van der Waals surface area (Å²) < 4.78 is 12.9. The molecule has 0 unspecified atom stereocenters. The van der Waals surface area contributed by atoms with Crippen LogP contribution >= 0.6 is 0 Å². The summed E-state index contributed by atoms with van der Waals surface area (Å²) in [4.78, 5) is 26.4. The lowest BCUT2D eigenvalue weighted by Gasteiger charge is -2.32. The van der Waals surface area contributed by atoms with Crippen molar-refractivity contribution in [1.82, 2.24) is 10.2 Å². The molecule has 0 radical (unpaired) electrons.